The molecule has 3 N–H and O–H groups in total. The summed E-state index contributed by atoms with van der Waals surface area (Å²) >= 11 is 0. The Hall–Kier alpha value is -1.63. The van der Waals surface area contributed by atoms with Crippen LogP contribution < -0.4 is 16.0 Å². The first kappa shape index (κ1) is 13.8. The Kier molecular flexibility index (Phi) is 3.75. The van der Waals surface area contributed by atoms with Crippen LogP contribution in [0.1, 0.15) is 26.7 Å². The van der Waals surface area contributed by atoms with Gasteiger partial charge in [-0.3, -0.25) is 14.9 Å². The minimum atomic E-state index is -0.909. The fourth-order valence-corrected chi connectivity index (χ4v) is 2.65. The molecule has 106 valence electrons. The third kappa shape index (κ3) is 2.70. The van der Waals surface area contributed by atoms with Gasteiger partial charge >= 0.3 is 6.03 Å². The van der Waals surface area contributed by atoms with E-state index in [1.807, 2.05) is 13.8 Å². The lowest BCUT2D eigenvalue weighted by Gasteiger charge is -2.22. The number of nitrogens with one attached hydrogen (secondary N) is 3. The average Bonchev–Trinajstić information content (AvgIpc) is 2.85. The van der Waals surface area contributed by atoms with Crippen molar-refractivity contribution in [2.45, 2.75) is 38.3 Å². The largest absolute Gasteiger partial charge is 0.340 e. The number of likely N-dealkylation sites (tertiary alicyclic amines) is 1. The lowest BCUT2D eigenvalue weighted by molar-refractivity contribution is -0.131. The Morgan fingerprint density at radius 1 is 1.53 bits per heavy atom. The van der Waals surface area contributed by atoms with Gasteiger partial charge in [0.2, 0.25) is 5.91 Å². The molecule has 0 radical (unpaired) electrons. The second-order valence-corrected chi connectivity index (χ2v) is 5.22. The van der Waals surface area contributed by atoms with Crippen LogP contribution in [0.4, 0.5) is 4.79 Å². The van der Waals surface area contributed by atoms with Gasteiger partial charge in [-0.25, -0.2) is 4.79 Å². The molecule has 2 unspecified atom stereocenters. The molecule has 0 aromatic carbocycles. The van der Waals surface area contributed by atoms with Gasteiger partial charge in [-0.1, -0.05) is 6.92 Å². The van der Waals surface area contributed by atoms with Gasteiger partial charge in [0.25, 0.3) is 5.91 Å². The molecule has 1 spiro atoms. The zero-order valence-electron chi connectivity index (χ0n) is 11.3. The smallest absolute Gasteiger partial charge is 0.322 e. The topological polar surface area (TPSA) is 90.5 Å². The van der Waals surface area contributed by atoms with Crippen molar-refractivity contribution >= 4 is 17.8 Å². The van der Waals surface area contributed by atoms with Gasteiger partial charge in [-0.15, -0.1) is 0 Å². The number of urea groups is 1. The number of hydrogen-bond donors (Lipinski definition) is 3. The van der Waals surface area contributed by atoms with Crippen LogP contribution in [0.2, 0.25) is 0 Å². The van der Waals surface area contributed by atoms with Gasteiger partial charge in [-0.05, 0) is 19.9 Å². The Morgan fingerprint density at radius 2 is 2.26 bits per heavy atom. The summed E-state index contributed by atoms with van der Waals surface area (Å²) in [5.41, 5.74) is -0.909. The molecule has 0 aliphatic carbocycles. The fourth-order valence-electron chi connectivity index (χ4n) is 2.65. The van der Waals surface area contributed by atoms with Crippen molar-refractivity contribution in [2.24, 2.45) is 0 Å². The van der Waals surface area contributed by atoms with E-state index in [0.29, 0.717) is 19.4 Å². The first-order valence-corrected chi connectivity index (χ1v) is 6.61. The first-order chi connectivity index (χ1) is 8.97. The molecular formula is C12H20N4O3. The maximum atomic E-state index is 12.1. The molecule has 4 amide bonds. The van der Waals surface area contributed by atoms with E-state index >= 15 is 0 Å². The maximum absolute atomic E-state index is 12.1. The highest BCUT2D eigenvalue weighted by Gasteiger charge is 2.51. The third-order valence-electron chi connectivity index (χ3n) is 3.67. The minimum Gasteiger partial charge on any atom is -0.340 e. The van der Waals surface area contributed by atoms with E-state index in [9.17, 15) is 14.4 Å². The summed E-state index contributed by atoms with van der Waals surface area (Å²) in [6.07, 6.45) is 0.880. The van der Waals surface area contributed by atoms with Crippen LogP contribution in [-0.2, 0) is 9.59 Å². The Bertz CT molecular complexity index is 412. The molecule has 2 aliphatic heterocycles. The van der Waals surface area contributed by atoms with Gasteiger partial charge in [0.05, 0.1) is 6.54 Å². The van der Waals surface area contributed by atoms with Gasteiger partial charge in [0.15, 0.2) is 0 Å². The van der Waals surface area contributed by atoms with E-state index in [1.54, 1.807) is 4.90 Å². The van der Waals surface area contributed by atoms with E-state index in [2.05, 4.69) is 16.0 Å². The maximum Gasteiger partial charge on any atom is 0.322 e. The van der Waals surface area contributed by atoms with Gasteiger partial charge in [0, 0.05) is 19.0 Å². The SMILES string of the molecule is CCNC(C)CC(=O)N1CCC2(C1)NC(=O)NC2=O. The van der Waals surface area contributed by atoms with E-state index in [-0.39, 0.29) is 24.4 Å². The van der Waals surface area contributed by atoms with E-state index in [4.69, 9.17) is 0 Å². The summed E-state index contributed by atoms with van der Waals surface area (Å²) in [4.78, 5) is 36.7. The van der Waals surface area contributed by atoms with Gasteiger partial charge in [0.1, 0.15) is 5.54 Å². The molecule has 2 fully saturated rings. The quantitative estimate of drug-likeness (QED) is 0.581. The van der Waals surface area contributed by atoms with Crippen LogP contribution in [-0.4, -0.2) is 54.0 Å². The molecule has 0 aromatic heterocycles. The summed E-state index contributed by atoms with van der Waals surface area (Å²) in [6, 6.07) is -0.360. The Morgan fingerprint density at radius 3 is 2.84 bits per heavy atom. The Labute approximate surface area is 112 Å². The monoisotopic (exact) mass is 268 g/mol. The summed E-state index contributed by atoms with van der Waals surface area (Å²) in [6.45, 7) is 5.53. The minimum absolute atomic E-state index is 0.0132. The van der Waals surface area contributed by atoms with Crippen LogP contribution in [0.15, 0.2) is 0 Å². The second-order valence-electron chi connectivity index (χ2n) is 5.22. The zero-order chi connectivity index (χ0) is 14.0. The molecule has 7 heteroatoms. The Balaban J connectivity index is 1.93. The number of carbonyl (C=O) groups excluding carboxylic acids is 3. The number of amides is 4. The highest BCUT2D eigenvalue weighted by atomic mass is 16.2. The number of hydrogen-bond acceptors (Lipinski definition) is 4. The predicted octanol–water partition coefficient (Wildman–Crippen LogP) is -0.815. The number of nitrogens with zero attached hydrogens (tertiary/aromatic N) is 1. The summed E-state index contributed by atoms with van der Waals surface area (Å²) in [7, 11) is 0. The number of carbonyl (C=O) groups is 3. The standard InChI is InChI=1S/C12H20N4O3/c1-3-13-8(2)6-9(17)16-5-4-12(7-16)10(18)14-11(19)15-12/h8,13H,3-7H2,1-2H3,(H2,14,15,18,19). The molecule has 2 rings (SSSR count). The summed E-state index contributed by atoms with van der Waals surface area (Å²) < 4.78 is 0. The third-order valence-corrected chi connectivity index (χ3v) is 3.67. The van der Waals surface area contributed by atoms with Crippen LogP contribution in [0.5, 0.6) is 0 Å². The van der Waals surface area contributed by atoms with Gasteiger partial charge < -0.3 is 15.5 Å². The number of imide groups is 1. The lowest BCUT2D eigenvalue weighted by Crippen LogP contribution is -2.50. The van der Waals surface area contributed by atoms with Crippen LogP contribution in [0.25, 0.3) is 0 Å². The van der Waals surface area contributed by atoms with Crippen LogP contribution in [0.3, 0.4) is 0 Å². The second kappa shape index (κ2) is 5.16. The predicted molar refractivity (Wildman–Crippen MR) is 68.4 cm³/mol. The molecule has 2 atom stereocenters. The first-order valence-electron chi connectivity index (χ1n) is 6.61. The zero-order valence-corrected chi connectivity index (χ0v) is 11.3. The van der Waals surface area contributed by atoms with Crippen molar-refractivity contribution in [1.29, 1.82) is 0 Å². The highest BCUT2D eigenvalue weighted by Crippen LogP contribution is 2.25. The summed E-state index contributed by atoms with van der Waals surface area (Å²) in [5.74, 6) is -0.313. The van der Waals surface area contributed by atoms with Crippen LogP contribution >= 0.6 is 0 Å². The lowest BCUT2D eigenvalue weighted by atomic mass is 9.99. The molecule has 2 saturated heterocycles. The van der Waals surface area contributed by atoms with Crippen molar-refractivity contribution in [1.82, 2.24) is 20.9 Å². The molecular weight excluding hydrogens is 248 g/mol. The fraction of sp³-hybridized carbons (Fsp3) is 0.750. The van der Waals surface area contributed by atoms with Crippen molar-refractivity contribution in [2.75, 3.05) is 19.6 Å². The molecule has 0 bridgehead atoms. The van der Waals surface area contributed by atoms with E-state index < -0.39 is 11.6 Å². The van der Waals surface area contributed by atoms with Gasteiger partial charge in [-0.2, -0.15) is 0 Å². The van der Waals surface area contributed by atoms with Crippen LogP contribution in [0, 0.1) is 0 Å². The highest BCUT2D eigenvalue weighted by molar-refractivity contribution is 6.07. The van der Waals surface area contributed by atoms with Crippen molar-refractivity contribution in [3.05, 3.63) is 0 Å². The normalized spacial score (nSPS) is 27.6. The molecule has 2 heterocycles. The van der Waals surface area contributed by atoms with E-state index in [0.717, 1.165) is 6.54 Å². The molecule has 7 nitrogen and oxygen atoms in total. The molecule has 19 heavy (non-hydrogen) atoms. The molecule has 0 saturated carbocycles. The van der Waals surface area contributed by atoms with Crippen molar-refractivity contribution in [3.8, 4) is 0 Å². The summed E-state index contributed by atoms with van der Waals surface area (Å²) in [5, 5.41) is 8.04. The molecule has 0 aromatic rings. The average molecular weight is 268 g/mol. The molecule has 2 aliphatic rings. The van der Waals surface area contributed by atoms with E-state index in [1.165, 1.54) is 0 Å². The van der Waals surface area contributed by atoms with Crippen molar-refractivity contribution < 1.29 is 14.4 Å². The van der Waals surface area contributed by atoms with Crippen molar-refractivity contribution in [3.63, 3.8) is 0 Å². The number of rotatable bonds is 4.